The number of nitriles is 1. The summed E-state index contributed by atoms with van der Waals surface area (Å²) in [7, 11) is 1.57. The Balaban J connectivity index is 1.99. The van der Waals surface area contributed by atoms with Crippen LogP contribution in [0.15, 0.2) is 28.2 Å². The molecule has 0 radical (unpaired) electrons. The van der Waals surface area contributed by atoms with E-state index in [0.29, 0.717) is 45.1 Å². The SMILES string of the molecule is COc1ccc(Cl)cc1-n1c(SCCC#N)nc2sc3c(c2c1=O)CCC(C)C3. The van der Waals surface area contributed by atoms with Crippen molar-refractivity contribution in [3.8, 4) is 17.5 Å². The second-order valence-corrected chi connectivity index (χ2v) is 9.72. The molecule has 5 nitrogen and oxygen atoms in total. The smallest absolute Gasteiger partial charge is 0.267 e. The zero-order valence-corrected chi connectivity index (χ0v) is 18.6. The molecule has 150 valence electrons. The van der Waals surface area contributed by atoms with E-state index in [1.165, 1.54) is 16.6 Å². The van der Waals surface area contributed by atoms with Crippen LogP contribution in [-0.2, 0) is 12.8 Å². The molecule has 2 aromatic heterocycles. The first kappa shape index (κ1) is 20.3. The lowest BCUT2D eigenvalue weighted by molar-refractivity contribution is 0.411. The van der Waals surface area contributed by atoms with Gasteiger partial charge >= 0.3 is 0 Å². The summed E-state index contributed by atoms with van der Waals surface area (Å²) >= 11 is 9.28. The quantitative estimate of drug-likeness (QED) is 0.305. The second kappa shape index (κ2) is 8.39. The van der Waals surface area contributed by atoms with E-state index >= 15 is 0 Å². The Labute approximate surface area is 182 Å². The summed E-state index contributed by atoms with van der Waals surface area (Å²) in [6, 6.07) is 7.36. The van der Waals surface area contributed by atoms with E-state index in [1.54, 1.807) is 41.2 Å². The summed E-state index contributed by atoms with van der Waals surface area (Å²) in [4.78, 5) is 20.6. The van der Waals surface area contributed by atoms with Gasteiger partial charge in [0.25, 0.3) is 5.56 Å². The van der Waals surface area contributed by atoms with Gasteiger partial charge < -0.3 is 4.74 Å². The summed E-state index contributed by atoms with van der Waals surface area (Å²) in [5.74, 6) is 1.73. The molecule has 0 saturated carbocycles. The first-order valence-electron chi connectivity index (χ1n) is 9.44. The van der Waals surface area contributed by atoms with Crippen LogP contribution in [0.2, 0.25) is 5.02 Å². The van der Waals surface area contributed by atoms with Gasteiger partial charge in [-0.2, -0.15) is 5.26 Å². The van der Waals surface area contributed by atoms with E-state index in [0.717, 1.165) is 29.7 Å². The fourth-order valence-electron chi connectivity index (χ4n) is 3.71. The number of thioether (sulfide) groups is 1. The molecule has 4 rings (SSSR count). The predicted octanol–water partition coefficient (Wildman–Crippen LogP) is 5.24. The first-order valence-corrected chi connectivity index (χ1v) is 11.6. The minimum Gasteiger partial charge on any atom is -0.495 e. The maximum atomic E-state index is 13.7. The minimum atomic E-state index is -0.0953. The van der Waals surface area contributed by atoms with Gasteiger partial charge in [0, 0.05) is 22.1 Å². The number of aryl methyl sites for hydroxylation is 1. The Hall–Kier alpha value is -2.01. The van der Waals surface area contributed by atoms with Crippen molar-refractivity contribution in [3.05, 3.63) is 44.0 Å². The van der Waals surface area contributed by atoms with Crippen LogP contribution in [-0.4, -0.2) is 22.4 Å². The van der Waals surface area contributed by atoms with Gasteiger partial charge in [0.2, 0.25) is 0 Å². The highest BCUT2D eigenvalue weighted by Crippen LogP contribution is 2.38. The normalized spacial score (nSPS) is 15.9. The molecule has 29 heavy (non-hydrogen) atoms. The number of nitrogens with zero attached hydrogens (tertiary/aromatic N) is 3. The van der Waals surface area contributed by atoms with Crippen LogP contribution in [0.3, 0.4) is 0 Å². The van der Waals surface area contributed by atoms with Crippen molar-refractivity contribution < 1.29 is 4.74 Å². The summed E-state index contributed by atoms with van der Waals surface area (Å²) in [5, 5.41) is 10.7. The molecular formula is C21H20ClN3O2S2. The molecular weight excluding hydrogens is 426 g/mol. The third-order valence-electron chi connectivity index (χ3n) is 5.13. The van der Waals surface area contributed by atoms with Gasteiger partial charge in [-0.05, 0) is 48.9 Å². The molecule has 0 saturated heterocycles. The fourth-order valence-corrected chi connectivity index (χ4v) is 6.15. The van der Waals surface area contributed by atoms with Crippen LogP contribution < -0.4 is 10.3 Å². The molecule has 8 heteroatoms. The molecule has 1 aliphatic carbocycles. The topological polar surface area (TPSA) is 67.9 Å². The molecule has 0 aliphatic heterocycles. The molecule has 0 spiro atoms. The van der Waals surface area contributed by atoms with Crippen molar-refractivity contribution >= 4 is 44.9 Å². The number of aromatic nitrogens is 2. The Morgan fingerprint density at radius 3 is 3.07 bits per heavy atom. The Morgan fingerprint density at radius 2 is 2.31 bits per heavy atom. The molecule has 0 bridgehead atoms. The minimum absolute atomic E-state index is 0.0953. The van der Waals surface area contributed by atoms with Crippen LogP contribution >= 0.6 is 34.7 Å². The van der Waals surface area contributed by atoms with Gasteiger partial charge in [-0.15, -0.1) is 11.3 Å². The number of benzene rings is 1. The van der Waals surface area contributed by atoms with Crippen molar-refractivity contribution in [1.82, 2.24) is 9.55 Å². The number of ether oxygens (including phenoxy) is 1. The van der Waals surface area contributed by atoms with E-state index in [9.17, 15) is 4.79 Å². The number of hydrogen-bond donors (Lipinski definition) is 0. The third-order valence-corrected chi connectivity index (χ3v) is 7.45. The molecule has 1 aromatic carbocycles. The van der Waals surface area contributed by atoms with Crippen molar-refractivity contribution in [1.29, 1.82) is 5.26 Å². The van der Waals surface area contributed by atoms with Gasteiger partial charge in [-0.3, -0.25) is 9.36 Å². The highest BCUT2D eigenvalue weighted by molar-refractivity contribution is 7.99. The molecule has 0 amide bonds. The van der Waals surface area contributed by atoms with Gasteiger partial charge in [0.15, 0.2) is 5.16 Å². The molecule has 3 aromatic rings. The van der Waals surface area contributed by atoms with E-state index in [2.05, 4.69) is 13.0 Å². The average molecular weight is 446 g/mol. The van der Waals surface area contributed by atoms with Gasteiger partial charge in [0.1, 0.15) is 10.6 Å². The van der Waals surface area contributed by atoms with Crippen LogP contribution in [0.5, 0.6) is 5.75 Å². The molecule has 0 fully saturated rings. The molecule has 1 aliphatic rings. The Kier molecular flexibility index (Phi) is 5.86. The Morgan fingerprint density at radius 1 is 1.48 bits per heavy atom. The fraction of sp³-hybridized carbons (Fsp3) is 0.381. The highest BCUT2D eigenvalue weighted by atomic mass is 35.5. The molecule has 1 unspecified atom stereocenters. The van der Waals surface area contributed by atoms with Crippen molar-refractivity contribution in [2.24, 2.45) is 5.92 Å². The van der Waals surface area contributed by atoms with E-state index < -0.39 is 0 Å². The number of thiophene rings is 1. The van der Waals surface area contributed by atoms with Crippen LogP contribution in [0.1, 0.15) is 30.2 Å². The maximum Gasteiger partial charge on any atom is 0.267 e. The lowest BCUT2D eigenvalue weighted by Crippen LogP contribution is -2.23. The van der Waals surface area contributed by atoms with E-state index in [1.807, 2.05) is 0 Å². The van der Waals surface area contributed by atoms with Gasteiger partial charge in [-0.1, -0.05) is 30.3 Å². The molecule has 2 heterocycles. The number of halogens is 1. The summed E-state index contributed by atoms with van der Waals surface area (Å²) < 4.78 is 7.10. The number of methoxy groups -OCH3 is 1. The van der Waals surface area contributed by atoms with E-state index in [-0.39, 0.29) is 5.56 Å². The summed E-state index contributed by atoms with van der Waals surface area (Å²) in [5.41, 5.74) is 1.62. The predicted molar refractivity (Wildman–Crippen MR) is 119 cm³/mol. The lowest BCUT2D eigenvalue weighted by atomic mass is 9.89. The monoisotopic (exact) mass is 445 g/mol. The lowest BCUT2D eigenvalue weighted by Gasteiger charge is -2.18. The largest absolute Gasteiger partial charge is 0.495 e. The van der Waals surface area contributed by atoms with Crippen LogP contribution in [0, 0.1) is 17.2 Å². The number of hydrogen-bond acceptors (Lipinski definition) is 6. The van der Waals surface area contributed by atoms with Gasteiger partial charge in [-0.25, -0.2) is 4.98 Å². The molecule has 0 N–H and O–H groups in total. The van der Waals surface area contributed by atoms with Crippen LogP contribution in [0.4, 0.5) is 0 Å². The summed E-state index contributed by atoms with van der Waals surface area (Å²) in [6.07, 6.45) is 3.36. The van der Waals surface area contributed by atoms with E-state index in [4.69, 9.17) is 26.6 Å². The first-order chi connectivity index (χ1) is 14.0. The van der Waals surface area contributed by atoms with Crippen molar-refractivity contribution in [3.63, 3.8) is 0 Å². The Bertz CT molecular complexity index is 1180. The van der Waals surface area contributed by atoms with Crippen molar-refractivity contribution in [2.45, 2.75) is 37.8 Å². The van der Waals surface area contributed by atoms with Crippen LogP contribution in [0.25, 0.3) is 15.9 Å². The third kappa shape index (κ3) is 3.77. The highest BCUT2D eigenvalue weighted by Gasteiger charge is 2.26. The number of fused-ring (bicyclic) bond motifs is 3. The summed E-state index contributed by atoms with van der Waals surface area (Å²) in [6.45, 7) is 2.25. The molecule has 1 atom stereocenters. The van der Waals surface area contributed by atoms with Gasteiger partial charge in [0.05, 0.1) is 24.3 Å². The van der Waals surface area contributed by atoms with Crippen molar-refractivity contribution in [2.75, 3.05) is 12.9 Å². The zero-order valence-electron chi connectivity index (χ0n) is 16.2. The number of rotatable bonds is 5. The standard InChI is InChI=1S/C21H20ClN3O2S2/c1-12-4-6-14-17(10-12)29-19-18(14)20(26)25(21(24-19)28-9-3-8-23)15-11-13(22)5-7-16(15)27-2/h5,7,11-12H,3-4,6,9-10H2,1-2H3. The zero-order chi connectivity index (χ0) is 20.5. The maximum absolute atomic E-state index is 13.7. The second-order valence-electron chi connectivity index (χ2n) is 7.14. The average Bonchev–Trinajstić information content (AvgIpc) is 3.05.